The highest BCUT2D eigenvalue weighted by Gasteiger charge is 2.44. The minimum absolute atomic E-state index is 0.0724. The molecular weight excluding hydrogens is 530 g/mol. The lowest BCUT2D eigenvalue weighted by atomic mass is 9.74. The summed E-state index contributed by atoms with van der Waals surface area (Å²) in [5.41, 5.74) is 4.33. The highest BCUT2D eigenvalue weighted by Crippen LogP contribution is 2.49. The lowest BCUT2D eigenvalue weighted by Gasteiger charge is -2.40. The molecule has 5 rings (SSSR count). The minimum Gasteiger partial charge on any atom is -0.478 e. The van der Waals surface area contributed by atoms with Gasteiger partial charge in [0.25, 0.3) is 0 Å². The number of benzene rings is 3. The number of nitrogens with zero attached hydrogens (tertiary/aromatic N) is 2. The van der Waals surface area contributed by atoms with Crippen LogP contribution in [0.25, 0.3) is 0 Å². The second kappa shape index (κ2) is 13.3. The summed E-state index contributed by atoms with van der Waals surface area (Å²) in [7, 11) is 0. The monoisotopic (exact) mass is 562 g/mol. The number of likely N-dealkylation sites (tertiary alicyclic amines) is 1. The van der Waals surface area contributed by atoms with E-state index >= 15 is 0 Å². The van der Waals surface area contributed by atoms with Crippen molar-refractivity contribution in [2.24, 2.45) is 0 Å². The van der Waals surface area contributed by atoms with Gasteiger partial charge in [0.15, 0.2) is 5.78 Å². The molecule has 2 aliphatic rings. The Kier molecular flexibility index (Phi) is 9.62. The molecule has 1 fully saturated rings. The van der Waals surface area contributed by atoms with E-state index in [1.165, 1.54) is 35.5 Å². The molecule has 0 aliphatic carbocycles. The molecule has 0 bridgehead atoms. The van der Waals surface area contributed by atoms with Gasteiger partial charge in [0, 0.05) is 47.5 Å². The fourth-order valence-electron chi connectivity index (χ4n) is 5.50. The highest BCUT2D eigenvalue weighted by molar-refractivity contribution is 5.96. The molecule has 0 saturated carbocycles. The minimum atomic E-state index is -1.26. The van der Waals surface area contributed by atoms with Crippen LogP contribution in [-0.2, 0) is 15.0 Å². The van der Waals surface area contributed by atoms with Crippen molar-refractivity contribution in [3.05, 3.63) is 108 Å². The van der Waals surface area contributed by atoms with E-state index < -0.39 is 11.9 Å². The number of carboxylic acid groups (broad SMARTS) is 2. The van der Waals surface area contributed by atoms with Crippen molar-refractivity contribution in [3.8, 4) is 0 Å². The third-order valence-electron chi connectivity index (χ3n) is 7.59. The van der Waals surface area contributed by atoms with Gasteiger partial charge in [-0.2, -0.15) is 0 Å². The number of hydrogen-bond acceptors (Lipinski definition) is 5. The van der Waals surface area contributed by atoms with Gasteiger partial charge in [0.2, 0.25) is 0 Å². The van der Waals surface area contributed by atoms with Crippen molar-refractivity contribution in [2.45, 2.75) is 31.1 Å². The molecule has 1 saturated heterocycles. The van der Waals surface area contributed by atoms with Crippen LogP contribution < -0.4 is 4.90 Å². The van der Waals surface area contributed by atoms with Crippen LogP contribution in [0.5, 0.6) is 0 Å². The van der Waals surface area contributed by atoms with Crippen LogP contribution in [0.1, 0.15) is 41.6 Å². The average molecular weight is 563 g/mol. The number of para-hydroxylation sites is 1. The number of carbonyl (C=O) groups is 3. The first kappa shape index (κ1) is 29.6. The number of anilines is 2. The first-order valence-corrected chi connectivity index (χ1v) is 13.4. The number of rotatable bonds is 8. The lowest BCUT2D eigenvalue weighted by Crippen LogP contribution is -2.45. The van der Waals surface area contributed by atoms with Gasteiger partial charge in [-0.3, -0.25) is 4.79 Å². The van der Waals surface area contributed by atoms with Gasteiger partial charge in [-0.15, -0.1) is 0 Å². The lowest BCUT2D eigenvalue weighted by molar-refractivity contribution is -0.134. The molecule has 2 aliphatic heterocycles. The number of Topliss-reactive ketones (excluding diaryl/α,β-unsaturated/α-hetero) is 1. The van der Waals surface area contributed by atoms with Crippen molar-refractivity contribution in [1.82, 2.24) is 4.90 Å². The van der Waals surface area contributed by atoms with Gasteiger partial charge in [-0.25, -0.2) is 18.4 Å². The molecule has 2 heterocycles. The van der Waals surface area contributed by atoms with Crippen molar-refractivity contribution >= 4 is 29.1 Å². The maximum absolute atomic E-state index is 13.5. The summed E-state index contributed by atoms with van der Waals surface area (Å²) in [6.45, 7) is 3.80. The molecule has 41 heavy (non-hydrogen) atoms. The summed E-state index contributed by atoms with van der Waals surface area (Å²) in [6, 6.07) is 21.2. The van der Waals surface area contributed by atoms with Gasteiger partial charge in [-0.05, 0) is 99.1 Å². The van der Waals surface area contributed by atoms with E-state index in [1.54, 1.807) is 12.1 Å². The van der Waals surface area contributed by atoms with Gasteiger partial charge in [-0.1, -0.05) is 18.2 Å². The highest BCUT2D eigenvalue weighted by atomic mass is 19.1. The number of ketones is 1. The van der Waals surface area contributed by atoms with Crippen LogP contribution in [-0.4, -0.2) is 59.0 Å². The quantitative estimate of drug-likeness (QED) is 0.264. The number of aliphatic carboxylic acids is 2. The number of carbonyl (C=O) groups excluding carboxylic acids is 1. The van der Waals surface area contributed by atoms with Crippen molar-refractivity contribution < 1.29 is 33.4 Å². The molecule has 7 nitrogen and oxygen atoms in total. The summed E-state index contributed by atoms with van der Waals surface area (Å²) in [5, 5.41) is 15.6. The van der Waals surface area contributed by atoms with Gasteiger partial charge < -0.3 is 20.0 Å². The first-order valence-electron chi connectivity index (χ1n) is 13.4. The fourth-order valence-corrected chi connectivity index (χ4v) is 5.50. The van der Waals surface area contributed by atoms with E-state index in [1.807, 2.05) is 12.1 Å². The van der Waals surface area contributed by atoms with E-state index in [2.05, 4.69) is 34.1 Å². The average Bonchev–Trinajstić information content (AvgIpc) is 3.28. The van der Waals surface area contributed by atoms with Crippen LogP contribution in [0.2, 0.25) is 0 Å². The Balaban J connectivity index is 0.000000426. The third kappa shape index (κ3) is 7.64. The Morgan fingerprint density at radius 2 is 1.37 bits per heavy atom. The van der Waals surface area contributed by atoms with Gasteiger partial charge in [0.1, 0.15) is 11.6 Å². The predicted molar refractivity (Wildman–Crippen MR) is 152 cm³/mol. The number of halogens is 2. The zero-order chi connectivity index (χ0) is 29.4. The molecule has 0 amide bonds. The number of piperidine rings is 1. The topological polar surface area (TPSA) is 98.2 Å². The molecule has 0 aromatic heterocycles. The van der Waals surface area contributed by atoms with E-state index in [0.29, 0.717) is 24.1 Å². The molecule has 3 aromatic rings. The third-order valence-corrected chi connectivity index (χ3v) is 7.59. The summed E-state index contributed by atoms with van der Waals surface area (Å²) in [6.07, 6.45) is 4.53. The van der Waals surface area contributed by atoms with E-state index in [0.717, 1.165) is 51.1 Å². The summed E-state index contributed by atoms with van der Waals surface area (Å²) in [4.78, 5) is 36.2. The molecule has 0 unspecified atom stereocenters. The Labute approximate surface area is 237 Å². The summed E-state index contributed by atoms with van der Waals surface area (Å²) < 4.78 is 26.5. The van der Waals surface area contributed by atoms with Crippen LogP contribution in [0.4, 0.5) is 20.2 Å². The first-order chi connectivity index (χ1) is 19.7. The molecule has 3 aromatic carbocycles. The second-order valence-electron chi connectivity index (χ2n) is 10.2. The Bertz CT molecular complexity index is 1380. The second-order valence-corrected chi connectivity index (χ2v) is 10.2. The Morgan fingerprint density at radius 1 is 0.805 bits per heavy atom. The SMILES string of the molecule is O=C(CCCN1CCC2(CC1)CN(c1ccc(F)cc1)c1ccccc12)c1ccc(F)cc1.O=C(O)C=CC(=O)O. The Morgan fingerprint density at radius 3 is 1.95 bits per heavy atom. The Hall–Kier alpha value is -4.37. The van der Waals surface area contributed by atoms with Gasteiger partial charge >= 0.3 is 11.9 Å². The zero-order valence-electron chi connectivity index (χ0n) is 22.5. The van der Waals surface area contributed by atoms with Crippen LogP contribution in [0.3, 0.4) is 0 Å². The zero-order valence-corrected chi connectivity index (χ0v) is 22.5. The molecule has 0 radical (unpaired) electrons. The van der Waals surface area contributed by atoms with Crippen molar-refractivity contribution in [1.29, 1.82) is 0 Å². The standard InChI is InChI=1S/C28H28F2N2O.C4H4O4/c29-22-9-7-21(8-10-22)27(33)6-3-17-31-18-15-28(16-19-31)20-32(24-13-11-23(30)12-14-24)26-5-2-1-4-25(26)28;5-3(6)1-2-4(7)8/h1-2,4-5,7-14H,3,6,15-20H2;1-2H,(H,5,6)(H,7,8). The van der Waals surface area contributed by atoms with Crippen LogP contribution in [0, 0.1) is 11.6 Å². The van der Waals surface area contributed by atoms with Crippen LogP contribution in [0.15, 0.2) is 84.9 Å². The molecule has 9 heteroatoms. The molecule has 0 atom stereocenters. The smallest absolute Gasteiger partial charge is 0.328 e. The largest absolute Gasteiger partial charge is 0.478 e. The van der Waals surface area contributed by atoms with E-state index in [4.69, 9.17) is 10.2 Å². The van der Waals surface area contributed by atoms with Gasteiger partial charge in [0.05, 0.1) is 0 Å². The maximum atomic E-state index is 13.5. The van der Waals surface area contributed by atoms with Crippen molar-refractivity contribution in [2.75, 3.05) is 31.1 Å². The molecular formula is C32H32F2N2O5. The molecule has 2 N–H and O–H groups in total. The fraction of sp³-hybridized carbons (Fsp3) is 0.281. The number of carboxylic acids is 2. The van der Waals surface area contributed by atoms with E-state index in [9.17, 15) is 23.2 Å². The van der Waals surface area contributed by atoms with Crippen LogP contribution >= 0.6 is 0 Å². The molecule has 1 spiro atoms. The predicted octanol–water partition coefficient (Wildman–Crippen LogP) is 5.83. The summed E-state index contributed by atoms with van der Waals surface area (Å²) in [5.74, 6) is -2.98. The van der Waals surface area contributed by atoms with Crippen molar-refractivity contribution in [3.63, 3.8) is 0 Å². The number of hydrogen-bond donors (Lipinski definition) is 2. The summed E-state index contributed by atoms with van der Waals surface area (Å²) >= 11 is 0. The van der Waals surface area contributed by atoms with E-state index in [-0.39, 0.29) is 22.8 Å². The number of fused-ring (bicyclic) bond motifs is 2. The normalized spacial score (nSPS) is 15.8. The maximum Gasteiger partial charge on any atom is 0.328 e. The molecule has 214 valence electrons.